The number of likely N-dealkylation sites (N-methyl/N-ethyl adjacent to an activating group) is 1. The molecular weight excluding hydrogens is 486 g/mol. The third-order valence-electron chi connectivity index (χ3n) is 13.0. The molecule has 0 spiro atoms. The Labute approximate surface area is 242 Å². The van der Waals surface area contributed by atoms with E-state index in [1.54, 1.807) is 18.4 Å². The van der Waals surface area contributed by atoms with E-state index in [4.69, 9.17) is 0 Å². The van der Waals surface area contributed by atoms with Crippen molar-refractivity contribution in [2.45, 2.75) is 136 Å². The molecular formula is C35H60ClNO. The predicted octanol–water partition coefficient (Wildman–Crippen LogP) is 5.63. The Morgan fingerprint density at radius 3 is 2.16 bits per heavy atom. The first-order valence-corrected chi connectivity index (χ1v) is 16.2. The van der Waals surface area contributed by atoms with Crippen LogP contribution in [0.4, 0.5) is 0 Å². The summed E-state index contributed by atoms with van der Waals surface area (Å²) < 4.78 is 1.26. The highest BCUT2D eigenvalue weighted by molar-refractivity contribution is 5.16. The molecule has 38 heavy (non-hydrogen) atoms. The molecule has 4 fully saturated rings. The van der Waals surface area contributed by atoms with E-state index in [2.05, 4.69) is 65.2 Å². The largest absolute Gasteiger partial charge is 1.00 e. The number of halogens is 1. The van der Waals surface area contributed by atoms with Crippen LogP contribution >= 0.6 is 0 Å². The van der Waals surface area contributed by atoms with Crippen molar-refractivity contribution >= 4 is 0 Å². The maximum atomic E-state index is 2.76. The molecule has 2 nitrogen and oxygen atoms in total. The van der Waals surface area contributed by atoms with Crippen LogP contribution in [0.5, 0.6) is 0 Å². The van der Waals surface area contributed by atoms with Crippen LogP contribution in [0.3, 0.4) is 0 Å². The lowest BCUT2D eigenvalue weighted by Crippen LogP contribution is -3.00. The van der Waals surface area contributed by atoms with E-state index in [0.29, 0.717) is 10.8 Å². The van der Waals surface area contributed by atoms with Gasteiger partial charge >= 0.3 is 0 Å². The maximum Gasteiger partial charge on any atom is 0.0945 e. The quantitative estimate of drug-likeness (QED) is 0.285. The first-order chi connectivity index (χ1) is 17.3. The molecule has 1 aromatic carbocycles. The molecule has 1 aromatic rings. The minimum atomic E-state index is 0. The Kier molecular flexibility index (Phi) is 10.9. The van der Waals surface area contributed by atoms with E-state index in [-0.39, 0.29) is 17.9 Å². The monoisotopic (exact) mass is 545 g/mol. The van der Waals surface area contributed by atoms with Crippen molar-refractivity contribution in [1.82, 2.24) is 0 Å². The van der Waals surface area contributed by atoms with Gasteiger partial charge in [-0.15, -0.1) is 0 Å². The van der Waals surface area contributed by atoms with Crippen LogP contribution in [0.25, 0.3) is 0 Å². The highest BCUT2D eigenvalue weighted by atomic mass is 35.5. The van der Waals surface area contributed by atoms with E-state index < -0.39 is 0 Å². The van der Waals surface area contributed by atoms with Gasteiger partial charge in [0.1, 0.15) is 0 Å². The van der Waals surface area contributed by atoms with Crippen LogP contribution in [-0.4, -0.2) is 36.1 Å². The second-order valence-corrected chi connectivity index (χ2v) is 14.9. The van der Waals surface area contributed by atoms with Gasteiger partial charge in [0, 0.05) is 24.7 Å². The summed E-state index contributed by atoms with van der Waals surface area (Å²) in [4.78, 5) is 0. The lowest BCUT2D eigenvalue weighted by atomic mass is 9.46. The minimum Gasteiger partial charge on any atom is -1.00 e. The fraction of sp³-hybridized carbons (Fsp3) is 0.829. The summed E-state index contributed by atoms with van der Waals surface area (Å²) in [5, 5.41) is 0. The van der Waals surface area contributed by atoms with E-state index in [1.165, 1.54) is 94.4 Å². The Balaban J connectivity index is 0.00000200. The van der Waals surface area contributed by atoms with E-state index in [0.717, 1.165) is 35.8 Å². The van der Waals surface area contributed by atoms with Gasteiger partial charge in [-0.1, -0.05) is 89.6 Å². The third-order valence-corrected chi connectivity index (χ3v) is 13.0. The van der Waals surface area contributed by atoms with Gasteiger partial charge in [-0.2, -0.15) is 0 Å². The van der Waals surface area contributed by atoms with Gasteiger partial charge in [-0.25, -0.2) is 0 Å². The second-order valence-electron chi connectivity index (χ2n) is 14.9. The summed E-state index contributed by atoms with van der Waals surface area (Å²) >= 11 is 0. The Hall–Kier alpha value is -0.570. The van der Waals surface area contributed by atoms with Crippen molar-refractivity contribution in [2.75, 3.05) is 14.1 Å². The number of hydrogen-bond acceptors (Lipinski definition) is 0. The molecule has 0 radical (unpaired) electrons. The van der Waals surface area contributed by atoms with Crippen LogP contribution < -0.4 is 12.4 Å². The molecule has 3 saturated carbocycles. The molecule has 0 amide bonds. The number of benzene rings is 1. The molecule has 1 saturated heterocycles. The zero-order valence-electron chi connectivity index (χ0n) is 25.5. The standard InChI is InChI=1S/C35H58N.ClH.H2O/c1-6-7-8-9-10-14-17-28-18-20-31-30-19-21-33-35(3,32(30)23-25-34(28,31)2)24-22-29(36(33,4)5)26-27-15-12-11-13-16-27;;/h11-13,15-16,28-33H,6-10,14,17-26H2,1-5H3;1H;1H2/q+1;;/p-1. The van der Waals surface area contributed by atoms with Crippen molar-refractivity contribution < 1.29 is 22.4 Å². The summed E-state index contributed by atoms with van der Waals surface area (Å²) in [6.07, 6.45) is 23.6. The highest BCUT2D eigenvalue weighted by Gasteiger charge is 2.63. The van der Waals surface area contributed by atoms with Gasteiger partial charge < -0.3 is 22.4 Å². The summed E-state index contributed by atoms with van der Waals surface area (Å²) in [6, 6.07) is 13.0. The van der Waals surface area contributed by atoms with Gasteiger partial charge in [-0.05, 0) is 79.6 Å². The fourth-order valence-electron chi connectivity index (χ4n) is 10.9. The number of fused-ring (bicyclic) bond motifs is 5. The molecule has 8 atom stereocenters. The number of hydrogen-bond donors (Lipinski definition) is 0. The normalized spacial score (nSPS) is 39.2. The Morgan fingerprint density at radius 2 is 1.42 bits per heavy atom. The summed E-state index contributed by atoms with van der Waals surface area (Å²) in [5.74, 6) is 4.05. The van der Waals surface area contributed by atoms with Gasteiger partial charge in [0.2, 0.25) is 0 Å². The van der Waals surface area contributed by atoms with Crippen LogP contribution in [0.15, 0.2) is 30.3 Å². The van der Waals surface area contributed by atoms with E-state index in [9.17, 15) is 0 Å². The molecule has 0 bridgehead atoms. The lowest BCUT2D eigenvalue weighted by Gasteiger charge is -2.65. The molecule has 5 rings (SSSR count). The van der Waals surface area contributed by atoms with Crippen molar-refractivity contribution in [2.24, 2.45) is 34.5 Å². The van der Waals surface area contributed by atoms with Crippen molar-refractivity contribution in [3.63, 3.8) is 0 Å². The molecule has 218 valence electrons. The molecule has 4 aliphatic rings. The zero-order valence-corrected chi connectivity index (χ0v) is 26.2. The first-order valence-electron chi connectivity index (χ1n) is 16.2. The lowest BCUT2D eigenvalue weighted by molar-refractivity contribution is -0.954. The molecule has 2 N–H and O–H groups in total. The first kappa shape index (κ1) is 32.0. The molecule has 8 unspecified atom stereocenters. The van der Waals surface area contributed by atoms with Crippen molar-refractivity contribution in [1.29, 1.82) is 0 Å². The van der Waals surface area contributed by atoms with Gasteiger partial charge in [0.25, 0.3) is 0 Å². The highest BCUT2D eigenvalue weighted by Crippen LogP contribution is 2.67. The Bertz CT molecular complexity index is 857. The summed E-state index contributed by atoms with van der Waals surface area (Å²) in [6.45, 7) is 7.85. The van der Waals surface area contributed by atoms with Crippen LogP contribution in [0.1, 0.15) is 123 Å². The van der Waals surface area contributed by atoms with Gasteiger partial charge in [-0.3, -0.25) is 0 Å². The number of unbranched alkanes of at least 4 members (excludes halogenated alkanes) is 5. The van der Waals surface area contributed by atoms with Gasteiger partial charge in [0.15, 0.2) is 0 Å². The average molecular weight is 546 g/mol. The zero-order chi connectivity index (χ0) is 25.4. The SMILES string of the molecule is CCCCCCCCC1CCC2C3CCC4C(C)(CCC(Cc5ccccc5)[N+]4(C)C)C3CCC12C.O.[Cl-]. The maximum absolute atomic E-state index is 2.76. The second kappa shape index (κ2) is 12.9. The van der Waals surface area contributed by atoms with Crippen LogP contribution in [-0.2, 0) is 6.42 Å². The molecule has 3 aliphatic carbocycles. The van der Waals surface area contributed by atoms with E-state index in [1.807, 2.05) is 0 Å². The Morgan fingerprint density at radius 1 is 0.763 bits per heavy atom. The minimum absolute atomic E-state index is 0. The number of rotatable bonds is 9. The predicted molar refractivity (Wildman–Crippen MR) is 159 cm³/mol. The number of likely N-dealkylation sites (tertiary alicyclic amines) is 1. The smallest absolute Gasteiger partial charge is 0.0945 e. The molecule has 3 heteroatoms. The fourth-order valence-corrected chi connectivity index (χ4v) is 10.9. The molecule has 0 aromatic heterocycles. The van der Waals surface area contributed by atoms with Crippen LogP contribution in [0, 0.1) is 34.5 Å². The summed E-state index contributed by atoms with van der Waals surface area (Å²) in [5.41, 5.74) is 2.75. The van der Waals surface area contributed by atoms with Crippen LogP contribution in [0.2, 0.25) is 0 Å². The topological polar surface area (TPSA) is 31.5 Å². The molecule has 1 heterocycles. The number of piperidine rings is 1. The average Bonchev–Trinajstić information content (AvgIpc) is 3.20. The van der Waals surface area contributed by atoms with Crippen molar-refractivity contribution in [3.05, 3.63) is 35.9 Å². The summed E-state index contributed by atoms with van der Waals surface area (Å²) in [7, 11) is 5.21. The molecule has 1 aliphatic heterocycles. The third kappa shape index (κ3) is 5.75. The number of nitrogens with zero attached hydrogens (tertiary/aromatic N) is 1. The van der Waals surface area contributed by atoms with E-state index >= 15 is 0 Å². The number of quaternary nitrogens is 1. The van der Waals surface area contributed by atoms with Crippen molar-refractivity contribution in [3.8, 4) is 0 Å². The van der Waals surface area contributed by atoms with Gasteiger partial charge in [0.05, 0.1) is 26.2 Å².